The van der Waals surface area contributed by atoms with E-state index in [1.807, 2.05) is 0 Å². The molecule has 1 N–H and O–H groups in total. The lowest BCUT2D eigenvalue weighted by Gasteiger charge is -2.03. The summed E-state index contributed by atoms with van der Waals surface area (Å²) >= 11 is 0. The number of aromatic amines is 1. The van der Waals surface area contributed by atoms with Gasteiger partial charge in [0.25, 0.3) is 0 Å². The van der Waals surface area contributed by atoms with Gasteiger partial charge < -0.3 is 4.98 Å². The van der Waals surface area contributed by atoms with Crippen molar-refractivity contribution in [3.05, 3.63) is 23.0 Å². The van der Waals surface area contributed by atoms with Gasteiger partial charge in [-0.15, -0.1) is 0 Å². The van der Waals surface area contributed by atoms with E-state index in [9.17, 15) is 0 Å². The summed E-state index contributed by atoms with van der Waals surface area (Å²) in [6, 6.07) is 2.25. The van der Waals surface area contributed by atoms with E-state index in [-0.39, 0.29) is 0 Å². The van der Waals surface area contributed by atoms with Gasteiger partial charge in [0.15, 0.2) is 0 Å². The third kappa shape index (κ3) is 1.65. The van der Waals surface area contributed by atoms with E-state index in [0.29, 0.717) is 5.92 Å². The second-order valence-corrected chi connectivity index (χ2v) is 3.39. The molecule has 1 heteroatoms. The number of aryl methyl sites for hydroxylation is 2. The first-order valence-electron chi connectivity index (χ1n) is 4.33. The fourth-order valence-electron chi connectivity index (χ4n) is 1.47. The molecule has 0 fully saturated rings. The summed E-state index contributed by atoms with van der Waals surface area (Å²) in [6.45, 7) is 8.78. The Balaban J connectivity index is 3.02. The summed E-state index contributed by atoms with van der Waals surface area (Å²) in [6.07, 6.45) is 1.11. The van der Waals surface area contributed by atoms with Crippen LogP contribution in [0.15, 0.2) is 6.07 Å². The molecule has 0 aliphatic carbocycles. The highest BCUT2D eigenvalue weighted by Crippen LogP contribution is 2.20. The molecule has 1 rings (SSSR count). The van der Waals surface area contributed by atoms with Crippen LogP contribution >= 0.6 is 0 Å². The van der Waals surface area contributed by atoms with Gasteiger partial charge in [-0.1, -0.05) is 20.8 Å². The third-order valence-electron chi connectivity index (χ3n) is 2.04. The molecule has 11 heavy (non-hydrogen) atoms. The Morgan fingerprint density at radius 2 is 2.09 bits per heavy atom. The quantitative estimate of drug-likeness (QED) is 0.668. The number of rotatable bonds is 2. The molecule has 0 atom stereocenters. The molecular weight excluding hydrogens is 134 g/mol. The minimum absolute atomic E-state index is 0.648. The van der Waals surface area contributed by atoms with Gasteiger partial charge in [-0.3, -0.25) is 0 Å². The number of aromatic nitrogens is 1. The first-order chi connectivity index (χ1) is 5.15. The van der Waals surface area contributed by atoms with Gasteiger partial charge in [0.2, 0.25) is 0 Å². The van der Waals surface area contributed by atoms with Crippen molar-refractivity contribution in [1.82, 2.24) is 4.98 Å². The van der Waals surface area contributed by atoms with Crippen LogP contribution in [0.4, 0.5) is 0 Å². The molecule has 0 amide bonds. The van der Waals surface area contributed by atoms with Crippen molar-refractivity contribution in [3.63, 3.8) is 0 Å². The van der Waals surface area contributed by atoms with Gasteiger partial charge in [-0.2, -0.15) is 0 Å². The van der Waals surface area contributed by atoms with Crippen molar-refractivity contribution in [2.75, 3.05) is 0 Å². The minimum Gasteiger partial charge on any atom is -0.362 e. The van der Waals surface area contributed by atoms with Gasteiger partial charge in [0, 0.05) is 11.4 Å². The summed E-state index contributed by atoms with van der Waals surface area (Å²) < 4.78 is 0. The number of hydrogen-bond donors (Lipinski definition) is 1. The van der Waals surface area contributed by atoms with Crippen molar-refractivity contribution >= 4 is 0 Å². The van der Waals surface area contributed by atoms with Crippen LogP contribution in [0.3, 0.4) is 0 Å². The molecule has 1 aromatic rings. The Hall–Kier alpha value is -0.720. The Labute approximate surface area is 68.8 Å². The summed E-state index contributed by atoms with van der Waals surface area (Å²) in [7, 11) is 0. The van der Waals surface area contributed by atoms with Crippen LogP contribution in [0.5, 0.6) is 0 Å². The van der Waals surface area contributed by atoms with Gasteiger partial charge >= 0.3 is 0 Å². The molecule has 0 unspecified atom stereocenters. The molecule has 1 heterocycles. The van der Waals surface area contributed by atoms with Crippen molar-refractivity contribution in [2.24, 2.45) is 0 Å². The molecule has 0 aliphatic rings. The van der Waals surface area contributed by atoms with Crippen LogP contribution in [0.1, 0.15) is 43.6 Å². The summed E-state index contributed by atoms with van der Waals surface area (Å²) in [5.74, 6) is 0.648. The zero-order valence-electron chi connectivity index (χ0n) is 7.86. The Morgan fingerprint density at radius 3 is 2.45 bits per heavy atom. The van der Waals surface area contributed by atoms with E-state index in [2.05, 4.69) is 38.7 Å². The lowest BCUT2D eigenvalue weighted by atomic mass is 10.0. The predicted octanol–water partition coefficient (Wildman–Crippen LogP) is 3.01. The van der Waals surface area contributed by atoms with Crippen molar-refractivity contribution in [3.8, 4) is 0 Å². The molecule has 0 saturated heterocycles. The smallest absolute Gasteiger partial charge is 0.0181 e. The summed E-state index contributed by atoms with van der Waals surface area (Å²) in [4.78, 5) is 3.38. The number of hydrogen-bond acceptors (Lipinski definition) is 0. The zero-order valence-corrected chi connectivity index (χ0v) is 7.86. The molecular formula is C10H17N. The number of H-pyrrole nitrogens is 1. The molecule has 1 aromatic heterocycles. The van der Waals surface area contributed by atoms with Crippen LogP contribution in [-0.2, 0) is 6.42 Å². The van der Waals surface area contributed by atoms with E-state index in [4.69, 9.17) is 0 Å². The number of nitrogens with one attached hydrogen (secondary N) is 1. The Kier molecular flexibility index (Phi) is 2.38. The van der Waals surface area contributed by atoms with Gasteiger partial charge in [0.05, 0.1) is 0 Å². The average Bonchev–Trinajstić information content (AvgIpc) is 2.30. The molecule has 0 aromatic carbocycles. The van der Waals surface area contributed by atoms with Gasteiger partial charge in [-0.05, 0) is 30.9 Å². The van der Waals surface area contributed by atoms with E-state index in [0.717, 1.165) is 6.42 Å². The highest BCUT2D eigenvalue weighted by molar-refractivity contribution is 5.28. The van der Waals surface area contributed by atoms with Crippen molar-refractivity contribution in [1.29, 1.82) is 0 Å². The highest BCUT2D eigenvalue weighted by Gasteiger charge is 2.06. The van der Waals surface area contributed by atoms with Crippen LogP contribution in [0.2, 0.25) is 0 Å². The predicted molar refractivity (Wildman–Crippen MR) is 49.0 cm³/mol. The standard InChI is InChI=1S/C10H17N/c1-5-10-9(7(2)3)6-8(4)11-10/h6-7,11H,5H2,1-4H3. The normalized spacial score (nSPS) is 11.0. The van der Waals surface area contributed by atoms with Gasteiger partial charge in [-0.25, -0.2) is 0 Å². The van der Waals surface area contributed by atoms with Crippen LogP contribution in [0, 0.1) is 6.92 Å². The molecule has 0 bridgehead atoms. The summed E-state index contributed by atoms with van der Waals surface area (Å²) in [5.41, 5.74) is 4.16. The third-order valence-corrected chi connectivity index (χ3v) is 2.04. The second kappa shape index (κ2) is 3.12. The molecule has 0 spiro atoms. The lowest BCUT2D eigenvalue weighted by molar-refractivity contribution is 0.841. The van der Waals surface area contributed by atoms with Crippen LogP contribution in [0.25, 0.3) is 0 Å². The Morgan fingerprint density at radius 1 is 1.45 bits per heavy atom. The van der Waals surface area contributed by atoms with Gasteiger partial charge in [0.1, 0.15) is 0 Å². The molecule has 62 valence electrons. The minimum atomic E-state index is 0.648. The Bertz CT molecular complexity index is 233. The zero-order chi connectivity index (χ0) is 8.43. The van der Waals surface area contributed by atoms with Crippen LogP contribution < -0.4 is 0 Å². The average molecular weight is 151 g/mol. The summed E-state index contributed by atoms with van der Waals surface area (Å²) in [5, 5.41) is 0. The molecule has 0 radical (unpaired) electrons. The monoisotopic (exact) mass is 151 g/mol. The van der Waals surface area contributed by atoms with Crippen LogP contribution in [-0.4, -0.2) is 4.98 Å². The van der Waals surface area contributed by atoms with E-state index < -0.39 is 0 Å². The maximum Gasteiger partial charge on any atom is 0.0181 e. The topological polar surface area (TPSA) is 15.8 Å². The SMILES string of the molecule is CCc1[nH]c(C)cc1C(C)C. The lowest BCUT2D eigenvalue weighted by Crippen LogP contribution is -1.90. The molecule has 0 saturated carbocycles. The maximum absolute atomic E-state index is 3.38. The largest absolute Gasteiger partial charge is 0.362 e. The van der Waals surface area contributed by atoms with E-state index in [1.165, 1.54) is 17.0 Å². The highest BCUT2D eigenvalue weighted by atomic mass is 14.7. The van der Waals surface area contributed by atoms with E-state index in [1.54, 1.807) is 0 Å². The van der Waals surface area contributed by atoms with Crippen molar-refractivity contribution < 1.29 is 0 Å². The fraction of sp³-hybridized carbons (Fsp3) is 0.600. The molecule has 1 nitrogen and oxygen atoms in total. The van der Waals surface area contributed by atoms with E-state index >= 15 is 0 Å². The first kappa shape index (κ1) is 8.38. The first-order valence-corrected chi connectivity index (χ1v) is 4.33. The second-order valence-electron chi connectivity index (χ2n) is 3.39. The fourth-order valence-corrected chi connectivity index (χ4v) is 1.47. The van der Waals surface area contributed by atoms with Crippen molar-refractivity contribution in [2.45, 2.75) is 40.0 Å². The maximum atomic E-state index is 3.38. The molecule has 0 aliphatic heterocycles.